The van der Waals surface area contributed by atoms with Crippen molar-refractivity contribution < 1.29 is 9.90 Å². The Labute approximate surface area is 132 Å². The molecule has 2 aliphatic carbocycles. The van der Waals surface area contributed by atoms with Gasteiger partial charge in [-0.25, -0.2) is 0 Å². The Morgan fingerprint density at radius 2 is 2.14 bits per heavy atom. The molecule has 2 fully saturated rings. The lowest BCUT2D eigenvalue weighted by Crippen LogP contribution is -2.37. The smallest absolute Gasteiger partial charge is 0.254 e. The largest absolute Gasteiger partial charge is 0.396 e. The van der Waals surface area contributed by atoms with Crippen molar-refractivity contribution in [3.05, 3.63) is 17.5 Å². The lowest BCUT2D eigenvalue weighted by Gasteiger charge is -2.17. The van der Waals surface area contributed by atoms with Crippen LogP contribution in [0, 0.1) is 11.8 Å². The Bertz CT molecular complexity index is 530. The molecule has 1 amide bonds. The summed E-state index contributed by atoms with van der Waals surface area (Å²) in [5, 5.41) is 16.8. The van der Waals surface area contributed by atoms with Crippen molar-refractivity contribution in [1.29, 1.82) is 0 Å². The molecule has 122 valence electrons. The van der Waals surface area contributed by atoms with Crippen LogP contribution in [0.1, 0.15) is 67.9 Å². The number of aliphatic hydroxyl groups is 1. The van der Waals surface area contributed by atoms with Gasteiger partial charge in [-0.2, -0.15) is 5.10 Å². The van der Waals surface area contributed by atoms with Gasteiger partial charge in [0.15, 0.2) is 0 Å². The number of aliphatic hydroxyl groups excluding tert-OH is 1. The minimum Gasteiger partial charge on any atom is -0.396 e. The second kappa shape index (κ2) is 6.41. The molecule has 5 heteroatoms. The lowest BCUT2D eigenvalue weighted by atomic mass is 10.1. The molecule has 0 saturated heterocycles. The summed E-state index contributed by atoms with van der Waals surface area (Å²) in [6.45, 7) is 5.33. The second-order valence-corrected chi connectivity index (χ2v) is 7.22. The van der Waals surface area contributed by atoms with E-state index in [2.05, 4.69) is 24.3 Å². The number of aromatic nitrogens is 2. The summed E-state index contributed by atoms with van der Waals surface area (Å²) in [4.78, 5) is 12.7. The molecule has 1 aromatic heterocycles. The van der Waals surface area contributed by atoms with E-state index in [0.717, 1.165) is 43.5 Å². The van der Waals surface area contributed by atoms with Crippen molar-refractivity contribution in [2.45, 2.75) is 64.5 Å². The molecule has 1 unspecified atom stereocenters. The van der Waals surface area contributed by atoms with Crippen LogP contribution in [-0.4, -0.2) is 33.4 Å². The molecule has 2 N–H and O–H groups in total. The van der Waals surface area contributed by atoms with E-state index in [1.165, 1.54) is 0 Å². The number of hydrogen-bond acceptors (Lipinski definition) is 3. The van der Waals surface area contributed by atoms with E-state index in [0.29, 0.717) is 24.2 Å². The summed E-state index contributed by atoms with van der Waals surface area (Å²) in [6.07, 6.45) is 7.02. The Kier molecular flexibility index (Phi) is 4.52. The Morgan fingerprint density at radius 3 is 2.68 bits per heavy atom. The number of amides is 1. The third kappa shape index (κ3) is 3.51. The molecule has 0 aliphatic heterocycles. The summed E-state index contributed by atoms with van der Waals surface area (Å²) in [5.41, 5.74) is 1.86. The first kappa shape index (κ1) is 15.5. The number of carbonyl (C=O) groups is 1. The third-order valence-electron chi connectivity index (χ3n) is 4.57. The van der Waals surface area contributed by atoms with Crippen LogP contribution in [0.3, 0.4) is 0 Å². The molecule has 22 heavy (non-hydrogen) atoms. The van der Waals surface area contributed by atoms with Crippen LogP contribution >= 0.6 is 0 Å². The number of hydrogen-bond donors (Lipinski definition) is 2. The van der Waals surface area contributed by atoms with Crippen molar-refractivity contribution in [3.8, 4) is 0 Å². The SMILES string of the molecule is CC(C)Cn1ncc(C(=O)NC(CCO)C2CC2)c1C1CC1. The summed E-state index contributed by atoms with van der Waals surface area (Å²) >= 11 is 0. The highest BCUT2D eigenvalue weighted by Crippen LogP contribution is 2.42. The fourth-order valence-corrected chi connectivity index (χ4v) is 3.16. The summed E-state index contributed by atoms with van der Waals surface area (Å²) in [6, 6.07) is 0.109. The molecule has 0 radical (unpaired) electrons. The van der Waals surface area contributed by atoms with Crippen LogP contribution in [0.4, 0.5) is 0 Å². The average molecular weight is 305 g/mol. The van der Waals surface area contributed by atoms with Gasteiger partial charge in [-0.3, -0.25) is 9.48 Å². The minimum absolute atomic E-state index is 0.0118. The molecule has 1 atom stereocenters. The van der Waals surface area contributed by atoms with E-state index < -0.39 is 0 Å². The van der Waals surface area contributed by atoms with Gasteiger partial charge in [-0.05, 0) is 43.9 Å². The number of nitrogens with one attached hydrogen (secondary N) is 1. The van der Waals surface area contributed by atoms with Crippen LogP contribution in [0.15, 0.2) is 6.20 Å². The normalized spacial score (nSPS) is 19.5. The van der Waals surface area contributed by atoms with Gasteiger partial charge in [0.05, 0.1) is 17.5 Å². The van der Waals surface area contributed by atoms with Crippen molar-refractivity contribution in [3.63, 3.8) is 0 Å². The van der Waals surface area contributed by atoms with Gasteiger partial charge in [0.25, 0.3) is 5.91 Å². The zero-order valence-electron chi connectivity index (χ0n) is 13.6. The molecule has 0 aromatic carbocycles. The zero-order chi connectivity index (χ0) is 15.7. The highest BCUT2D eigenvalue weighted by atomic mass is 16.3. The van der Waals surface area contributed by atoms with Gasteiger partial charge in [0.1, 0.15) is 0 Å². The quantitative estimate of drug-likeness (QED) is 0.774. The number of nitrogens with zero attached hydrogens (tertiary/aromatic N) is 2. The molecule has 3 rings (SSSR count). The predicted molar refractivity (Wildman–Crippen MR) is 84.7 cm³/mol. The van der Waals surface area contributed by atoms with E-state index in [1.54, 1.807) is 6.20 Å². The summed E-state index contributed by atoms with van der Waals surface area (Å²) in [7, 11) is 0. The van der Waals surface area contributed by atoms with E-state index in [9.17, 15) is 9.90 Å². The zero-order valence-corrected chi connectivity index (χ0v) is 13.6. The van der Waals surface area contributed by atoms with Gasteiger partial charge in [-0.1, -0.05) is 13.8 Å². The topological polar surface area (TPSA) is 67.2 Å². The van der Waals surface area contributed by atoms with Crippen LogP contribution in [0.25, 0.3) is 0 Å². The van der Waals surface area contributed by atoms with E-state index in [-0.39, 0.29) is 18.6 Å². The van der Waals surface area contributed by atoms with Gasteiger partial charge < -0.3 is 10.4 Å². The molecule has 2 aliphatic rings. The van der Waals surface area contributed by atoms with Crippen LogP contribution in [0.2, 0.25) is 0 Å². The molecule has 2 saturated carbocycles. The molecule has 0 bridgehead atoms. The highest BCUT2D eigenvalue weighted by Gasteiger charge is 2.35. The maximum Gasteiger partial charge on any atom is 0.254 e. The number of carbonyl (C=O) groups excluding carboxylic acids is 1. The molecular formula is C17H27N3O2. The Hall–Kier alpha value is -1.36. The highest BCUT2D eigenvalue weighted by molar-refractivity contribution is 5.95. The molecule has 1 heterocycles. The molecular weight excluding hydrogens is 278 g/mol. The van der Waals surface area contributed by atoms with Gasteiger partial charge in [-0.15, -0.1) is 0 Å². The van der Waals surface area contributed by atoms with Gasteiger partial charge in [0, 0.05) is 25.1 Å². The van der Waals surface area contributed by atoms with Gasteiger partial charge >= 0.3 is 0 Å². The van der Waals surface area contributed by atoms with E-state index in [4.69, 9.17) is 0 Å². The van der Waals surface area contributed by atoms with Crippen molar-refractivity contribution in [1.82, 2.24) is 15.1 Å². The maximum atomic E-state index is 12.7. The van der Waals surface area contributed by atoms with Crippen molar-refractivity contribution >= 4 is 5.91 Å². The van der Waals surface area contributed by atoms with Crippen LogP contribution in [0.5, 0.6) is 0 Å². The molecule has 5 nitrogen and oxygen atoms in total. The monoisotopic (exact) mass is 305 g/mol. The van der Waals surface area contributed by atoms with Crippen LogP contribution < -0.4 is 5.32 Å². The molecule has 1 aromatic rings. The molecule has 0 spiro atoms. The first-order chi connectivity index (χ1) is 10.6. The maximum absolute atomic E-state index is 12.7. The van der Waals surface area contributed by atoms with Crippen LogP contribution in [-0.2, 0) is 6.54 Å². The van der Waals surface area contributed by atoms with E-state index in [1.807, 2.05) is 4.68 Å². The van der Waals surface area contributed by atoms with E-state index >= 15 is 0 Å². The lowest BCUT2D eigenvalue weighted by molar-refractivity contribution is 0.0923. The average Bonchev–Trinajstić information content (AvgIpc) is 3.36. The fraction of sp³-hybridized carbons (Fsp3) is 0.765. The van der Waals surface area contributed by atoms with Gasteiger partial charge in [0.2, 0.25) is 0 Å². The minimum atomic E-state index is -0.0118. The summed E-state index contributed by atoms with van der Waals surface area (Å²) in [5.74, 6) is 1.55. The predicted octanol–water partition coefficient (Wildman–Crippen LogP) is 2.31. The fourth-order valence-electron chi connectivity index (χ4n) is 3.16. The Balaban J connectivity index is 1.75. The second-order valence-electron chi connectivity index (χ2n) is 7.22. The third-order valence-corrected chi connectivity index (χ3v) is 4.57. The van der Waals surface area contributed by atoms with Crippen molar-refractivity contribution in [2.24, 2.45) is 11.8 Å². The standard InChI is InChI=1S/C17H27N3O2/c1-11(2)10-20-16(13-5-6-13)14(9-18-20)17(22)19-15(7-8-21)12-3-4-12/h9,11-13,15,21H,3-8,10H2,1-2H3,(H,19,22). The first-order valence-corrected chi connectivity index (χ1v) is 8.57. The Morgan fingerprint density at radius 1 is 1.41 bits per heavy atom. The number of rotatable bonds is 8. The summed E-state index contributed by atoms with van der Waals surface area (Å²) < 4.78 is 2.02. The van der Waals surface area contributed by atoms with Crippen molar-refractivity contribution in [2.75, 3.05) is 6.61 Å². The first-order valence-electron chi connectivity index (χ1n) is 8.57.